The Labute approximate surface area is 142 Å². The summed E-state index contributed by atoms with van der Waals surface area (Å²) < 4.78 is 1.94. The van der Waals surface area contributed by atoms with Gasteiger partial charge in [0.05, 0.1) is 6.33 Å². The first kappa shape index (κ1) is 16.5. The second-order valence-corrected chi connectivity index (χ2v) is 6.35. The van der Waals surface area contributed by atoms with E-state index >= 15 is 0 Å². The first-order valence-corrected chi connectivity index (χ1v) is 8.46. The molecule has 0 bridgehead atoms. The molecule has 2 N–H and O–H groups in total. The zero-order valence-electron chi connectivity index (χ0n) is 14.0. The van der Waals surface area contributed by atoms with Crippen molar-refractivity contribution in [1.82, 2.24) is 14.5 Å². The van der Waals surface area contributed by atoms with Gasteiger partial charge >= 0.3 is 0 Å². The molecule has 3 rings (SSSR count). The number of nitrogens with zero attached hydrogens (tertiary/aromatic N) is 3. The fourth-order valence-electron chi connectivity index (χ4n) is 3.31. The maximum absolute atomic E-state index is 12.5. The van der Waals surface area contributed by atoms with Gasteiger partial charge in [-0.2, -0.15) is 0 Å². The molecule has 1 saturated heterocycles. The van der Waals surface area contributed by atoms with Gasteiger partial charge in [0.1, 0.15) is 0 Å². The standard InChI is InChI=1S/C19H24N4O/c1-15-3-2-11-23(18(15)13-20)19(24)9-6-16-4-7-17(8-5-16)22-12-10-21-14-22/h4-10,12,14-15,18H,2-3,11,13,20H2,1H3/b9-6+. The van der Waals surface area contributed by atoms with Crippen LogP contribution in [0.5, 0.6) is 0 Å². The molecule has 5 heteroatoms. The van der Waals surface area contributed by atoms with Crippen LogP contribution in [0.3, 0.4) is 0 Å². The Morgan fingerprint density at radius 2 is 2.17 bits per heavy atom. The molecular formula is C19H24N4O. The lowest BCUT2D eigenvalue weighted by atomic mass is 9.90. The van der Waals surface area contributed by atoms with E-state index in [0.717, 1.165) is 30.6 Å². The van der Waals surface area contributed by atoms with Gasteiger partial charge in [-0.1, -0.05) is 19.1 Å². The molecule has 1 amide bonds. The zero-order valence-corrected chi connectivity index (χ0v) is 14.0. The van der Waals surface area contributed by atoms with Crippen LogP contribution in [0.25, 0.3) is 11.8 Å². The summed E-state index contributed by atoms with van der Waals surface area (Å²) in [5.74, 6) is 0.520. The maximum Gasteiger partial charge on any atom is 0.246 e. The van der Waals surface area contributed by atoms with E-state index in [1.54, 1.807) is 18.6 Å². The van der Waals surface area contributed by atoms with Gasteiger partial charge in [0.2, 0.25) is 5.91 Å². The van der Waals surface area contributed by atoms with Crippen molar-refractivity contribution in [3.8, 4) is 5.69 Å². The molecule has 1 fully saturated rings. The lowest BCUT2D eigenvalue weighted by Gasteiger charge is -2.38. The SMILES string of the molecule is CC1CCCN(C(=O)/C=C/c2ccc(-n3ccnc3)cc2)C1CN. The number of aromatic nitrogens is 2. The molecule has 1 aromatic heterocycles. The molecule has 0 aliphatic carbocycles. The van der Waals surface area contributed by atoms with E-state index in [2.05, 4.69) is 11.9 Å². The van der Waals surface area contributed by atoms with Crippen molar-refractivity contribution in [3.63, 3.8) is 0 Å². The molecular weight excluding hydrogens is 300 g/mol. The van der Waals surface area contributed by atoms with Gasteiger partial charge in [-0.3, -0.25) is 4.79 Å². The highest BCUT2D eigenvalue weighted by molar-refractivity contribution is 5.92. The Morgan fingerprint density at radius 3 is 2.83 bits per heavy atom. The van der Waals surface area contributed by atoms with Gasteiger partial charge in [0.25, 0.3) is 0 Å². The van der Waals surface area contributed by atoms with Gasteiger partial charge in [-0.25, -0.2) is 4.98 Å². The fraction of sp³-hybridized carbons (Fsp3) is 0.368. The number of hydrogen-bond donors (Lipinski definition) is 1. The number of amides is 1. The minimum absolute atomic E-state index is 0.0516. The van der Waals surface area contributed by atoms with E-state index in [-0.39, 0.29) is 11.9 Å². The molecule has 1 aliphatic rings. The van der Waals surface area contributed by atoms with Crippen LogP contribution >= 0.6 is 0 Å². The average molecular weight is 324 g/mol. The van der Waals surface area contributed by atoms with Gasteiger partial charge in [-0.15, -0.1) is 0 Å². The molecule has 2 atom stereocenters. The second kappa shape index (κ2) is 7.45. The number of nitrogens with two attached hydrogens (primary N) is 1. The molecule has 2 unspecified atom stereocenters. The molecule has 0 radical (unpaired) electrons. The smallest absolute Gasteiger partial charge is 0.246 e. The molecule has 0 saturated carbocycles. The van der Waals surface area contributed by atoms with Crippen LogP contribution in [0.2, 0.25) is 0 Å². The minimum atomic E-state index is 0.0516. The van der Waals surface area contributed by atoms with E-state index in [4.69, 9.17) is 5.73 Å². The number of carbonyl (C=O) groups is 1. The summed E-state index contributed by atoms with van der Waals surface area (Å²) in [5.41, 5.74) is 7.91. The lowest BCUT2D eigenvalue weighted by Crippen LogP contribution is -2.50. The van der Waals surface area contributed by atoms with Crippen molar-refractivity contribution in [1.29, 1.82) is 0 Å². The topological polar surface area (TPSA) is 64.2 Å². The second-order valence-electron chi connectivity index (χ2n) is 6.35. The van der Waals surface area contributed by atoms with Crippen molar-refractivity contribution >= 4 is 12.0 Å². The molecule has 2 aromatic rings. The summed E-state index contributed by atoms with van der Waals surface area (Å²) in [7, 11) is 0. The van der Waals surface area contributed by atoms with Crippen LogP contribution in [0.1, 0.15) is 25.3 Å². The lowest BCUT2D eigenvalue weighted by molar-refractivity contribution is -0.130. The summed E-state index contributed by atoms with van der Waals surface area (Å²) in [6.07, 6.45) is 11.1. The number of benzene rings is 1. The van der Waals surface area contributed by atoms with Crippen molar-refractivity contribution < 1.29 is 4.79 Å². The Hall–Kier alpha value is -2.40. The van der Waals surface area contributed by atoms with Crippen LogP contribution in [0.4, 0.5) is 0 Å². The van der Waals surface area contributed by atoms with E-state index in [9.17, 15) is 4.79 Å². The molecule has 1 aromatic carbocycles. The van der Waals surface area contributed by atoms with E-state index in [1.807, 2.05) is 46.0 Å². The highest BCUT2D eigenvalue weighted by Crippen LogP contribution is 2.23. The van der Waals surface area contributed by atoms with Crippen molar-refractivity contribution in [2.45, 2.75) is 25.8 Å². The van der Waals surface area contributed by atoms with Crippen LogP contribution in [0, 0.1) is 5.92 Å². The van der Waals surface area contributed by atoms with Crippen molar-refractivity contribution in [2.24, 2.45) is 11.7 Å². The predicted molar refractivity (Wildman–Crippen MR) is 95.6 cm³/mol. The molecule has 2 heterocycles. The molecule has 126 valence electrons. The quantitative estimate of drug-likeness (QED) is 0.879. The van der Waals surface area contributed by atoms with E-state index < -0.39 is 0 Å². The Morgan fingerprint density at radius 1 is 1.38 bits per heavy atom. The van der Waals surface area contributed by atoms with Crippen molar-refractivity contribution in [2.75, 3.05) is 13.1 Å². The summed E-state index contributed by atoms with van der Waals surface area (Å²) >= 11 is 0. The van der Waals surface area contributed by atoms with Crippen LogP contribution in [-0.2, 0) is 4.79 Å². The first-order chi connectivity index (χ1) is 11.7. The minimum Gasteiger partial charge on any atom is -0.335 e. The van der Waals surface area contributed by atoms with Crippen LogP contribution in [-0.4, -0.2) is 39.5 Å². The average Bonchev–Trinajstić information content (AvgIpc) is 3.14. The van der Waals surface area contributed by atoms with Gasteiger partial charge < -0.3 is 15.2 Å². The summed E-state index contributed by atoms with van der Waals surface area (Å²) in [6, 6.07) is 8.17. The summed E-state index contributed by atoms with van der Waals surface area (Å²) in [6.45, 7) is 3.50. The largest absolute Gasteiger partial charge is 0.335 e. The van der Waals surface area contributed by atoms with Crippen molar-refractivity contribution in [3.05, 3.63) is 54.6 Å². The number of hydrogen-bond acceptors (Lipinski definition) is 3. The summed E-state index contributed by atoms with van der Waals surface area (Å²) in [5, 5.41) is 0. The third-order valence-electron chi connectivity index (χ3n) is 4.75. The third-order valence-corrected chi connectivity index (χ3v) is 4.75. The number of carbonyl (C=O) groups excluding carboxylic acids is 1. The Balaban J connectivity index is 1.67. The number of imidazole rings is 1. The van der Waals surface area contributed by atoms with Crippen LogP contribution < -0.4 is 5.73 Å². The van der Waals surface area contributed by atoms with Gasteiger partial charge in [-0.05, 0) is 42.5 Å². The Kier molecular flexibility index (Phi) is 5.11. The molecule has 5 nitrogen and oxygen atoms in total. The third kappa shape index (κ3) is 3.57. The van der Waals surface area contributed by atoms with Crippen LogP contribution in [0.15, 0.2) is 49.1 Å². The van der Waals surface area contributed by atoms with E-state index in [0.29, 0.717) is 12.5 Å². The maximum atomic E-state index is 12.5. The number of likely N-dealkylation sites (tertiary alicyclic amines) is 1. The van der Waals surface area contributed by atoms with E-state index in [1.165, 1.54) is 0 Å². The molecule has 24 heavy (non-hydrogen) atoms. The first-order valence-electron chi connectivity index (χ1n) is 8.46. The monoisotopic (exact) mass is 324 g/mol. The Bertz CT molecular complexity index is 691. The normalized spacial score (nSPS) is 21.3. The van der Waals surface area contributed by atoms with Gasteiger partial charge in [0, 0.05) is 43.3 Å². The molecule has 1 aliphatic heterocycles. The highest BCUT2D eigenvalue weighted by atomic mass is 16.2. The molecule has 0 spiro atoms. The zero-order chi connectivity index (χ0) is 16.9. The van der Waals surface area contributed by atoms with Gasteiger partial charge in [0.15, 0.2) is 0 Å². The predicted octanol–water partition coefficient (Wildman–Crippen LogP) is 2.47. The number of piperidine rings is 1. The number of rotatable bonds is 4. The fourth-order valence-corrected chi connectivity index (χ4v) is 3.31. The highest BCUT2D eigenvalue weighted by Gasteiger charge is 2.29. The summed E-state index contributed by atoms with van der Waals surface area (Å²) in [4.78, 5) is 18.5.